The SMILES string of the molecule is COc1ccc(N2C=c3[nH]c4c(c3=CC2)CCCC4)c(F)c1. The third kappa shape index (κ3) is 2.10. The maximum Gasteiger partial charge on any atom is 0.150 e. The fourth-order valence-electron chi connectivity index (χ4n) is 3.48. The largest absolute Gasteiger partial charge is 0.497 e. The predicted molar refractivity (Wildman–Crippen MR) is 85.9 cm³/mol. The van der Waals surface area contributed by atoms with Gasteiger partial charge in [-0.1, -0.05) is 6.08 Å². The van der Waals surface area contributed by atoms with Crippen molar-refractivity contribution in [2.45, 2.75) is 25.7 Å². The van der Waals surface area contributed by atoms with Gasteiger partial charge in [0.25, 0.3) is 0 Å². The van der Waals surface area contributed by atoms with Crippen molar-refractivity contribution in [2.75, 3.05) is 18.6 Å². The van der Waals surface area contributed by atoms with Crippen molar-refractivity contribution >= 4 is 18.0 Å². The average molecular weight is 298 g/mol. The molecule has 0 bridgehead atoms. The first-order valence-electron chi connectivity index (χ1n) is 7.78. The van der Waals surface area contributed by atoms with Gasteiger partial charge in [-0.15, -0.1) is 0 Å². The van der Waals surface area contributed by atoms with Gasteiger partial charge >= 0.3 is 0 Å². The second-order valence-electron chi connectivity index (χ2n) is 5.92. The zero-order chi connectivity index (χ0) is 15.1. The van der Waals surface area contributed by atoms with Crippen LogP contribution in [-0.4, -0.2) is 18.6 Å². The number of rotatable bonds is 2. The molecule has 3 nitrogen and oxygen atoms in total. The molecule has 114 valence electrons. The van der Waals surface area contributed by atoms with Crippen molar-refractivity contribution in [3.63, 3.8) is 0 Å². The summed E-state index contributed by atoms with van der Waals surface area (Å²) in [6, 6.07) is 4.99. The molecular weight excluding hydrogens is 279 g/mol. The van der Waals surface area contributed by atoms with Gasteiger partial charge in [0.2, 0.25) is 0 Å². The van der Waals surface area contributed by atoms with Gasteiger partial charge in [0, 0.05) is 29.7 Å². The predicted octanol–water partition coefficient (Wildman–Crippen LogP) is 2.08. The van der Waals surface area contributed by atoms with Crippen LogP contribution in [0.2, 0.25) is 0 Å². The van der Waals surface area contributed by atoms with Gasteiger partial charge in [-0.05, 0) is 43.4 Å². The smallest absolute Gasteiger partial charge is 0.150 e. The van der Waals surface area contributed by atoms with Crippen LogP contribution in [0.1, 0.15) is 24.1 Å². The number of nitrogens with zero attached hydrogens (tertiary/aromatic N) is 1. The molecule has 1 N–H and O–H groups in total. The summed E-state index contributed by atoms with van der Waals surface area (Å²) in [4.78, 5) is 5.46. The van der Waals surface area contributed by atoms with Gasteiger partial charge in [0.05, 0.1) is 18.1 Å². The van der Waals surface area contributed by atoms with Crippen LogP contribution in [-0.2, 0) is 12.8 Å². The first kappa shape index (κ1) is 13.4. The number of H-pyrrole nitrogens is 1. The number of anilines is 1. The van der Waals surface area contributed by atoms with Gasteiger partial charge < -0.3 is 14.6 Å². The van der Waals surface area contributed by atoms with Crippen LogP contribution in [0.3, 0.4) is 0 Å². The van der Waals surface area contributed by atoms with Crippen molar-refractivity contribution in [3.8, 4) is 5.75 Å². The maximum atomic E-state index is 14.3. The van der Waals surface area contributed by atoms with E-state index in [2.05, 4.69) is 11.1 Å². The Hall–Kier alpha value is -2.23. The highest BCUT2D eigenvalue weighted by molar-refractivity contribution is 5.65. The highest BCUT2D eigenvalue weighted by Gasteiger charge is 2.17. The Kier molecular flexibility index (Phi) is 3.17. The summed E-state index contributed by atoms with van der Waals surface area (Å²) in [7, 11) is 1.55. The summed E-state index contributed by atoms with van der Waals surface area (Å²) in [6.07, 6.45) is 9.03. The van der Waals surface area contributed by atoms with E-state index in [-0.39, 0.29) is 5.82 Å². The summed E-state index contributed by atoms with van der Waals surface area (Å²) in [5.41, 5.74) is 3.41. The zero-order valence-corrected chi connectivity index (χ0v) is 12.7. The number of benzene rings is 1. The highest BCUT2D eigenvalue weighted by Crippen LogP contribution is 2.25. The first-order chi connectivity index (χ1) is 10.8. The van der Waals surface area contributed by atoms with E-state index in [1.807, 2.05) is 11.1 Å². The molecule has 2 heterocycles. The second kappa shape index (κ2) is 5.20. The van der Waals surface area contributed by atoms with Crippen molar-refractivity contribution < 1.29 is 9.13 Å². The van der Waals surface area contributed by atoms with Crippen molar-refractivity contribution in [2.24, 2.45) is 0 Å². The number of hydrogen-bond donors (Lipinski definition) is 1. The molecule has 0 radical (unpaired) electrons. The van der Waals surface area contributed by atoms with Crippen molar-refractivity contribution in [3.05, 3.63) is 45.8 Å². The Labute approximate surface area is 128 Å². The summed E-state index contributed by atoms with van der Waals surface area (Å²) in [5, 5.41) is 2.42. The molecule has 2 aromatic rings. The number of halogens is 1. The van der Waals surface area contributed by atoms with E-state index in [1.54, 1.807) is 19.2 Å². The maximum absolute atomic E-state index is 14.3. The Morgan fingerprint density at radius 2 is 2.09 bits per heavy atom. The van der Waals surface area contributed by atoms with Crippen LogP contribution in [0.25, 0.3) is 12.3 Å². The Bertz CT molecular complexity index is 838. The van der Waals surface area contributed by atoms with Crippen LogP contribution in [0.15, 0.2) is 18.2 Å². The molecule has 1 aromatic heterocycles. The first-order valence-corrected chi connectivity index (χ1v) is 7.78. The molecule has 2 aliphatic rings. The fraction of sp³-hybridized carbons (Fsp3) is 0.333. The number of nitrogens with one attached hydrogen (secondary N) is 1. The van der Waals surface area contributed by atoms with Crippen molar-refractivity contribution in [1.29, 1.82) is 0 Å². The summed E-state index contributed by atoms with van der Waals surface area (Å²) in [5.74, 6) is 0.280. The molecule has 0 saturated heterocycles. The summed E-state index contributed by atoms with van der Waals surface area (Å²) in [6.45, 7) is 0.695. The fourth-order valence-corrected chi connectivity index (χ4v) is 3.48. The lowest BCUT2D eigenvalue weighted by atomic mass is 9.96. The molecule has 22 heavy (non-hydrogen) atoms. The molecule has 0 fully saturated rings. The number of ether oxygens (including phenoxy) is 1. The van der Waals surface area contributed by atoms with Crippen LogP contribution in [0, 0.1) is 5.82 Å². The standard InChI is InChI=1S/C18H19FN2O/c1-22-12-6-7-18(15(19)10-12)21-9-8-14-13-4-2-3-5-16(13)20-17(14)11-21/h6-8,10-11,20H,2-5,9H2,1H3. The number of aromatic nitrogens is 1. The molecule has 0 atom stereocenters. The van der Waals surface area contributed by atoms with Crippen LogP contribution in [0.4, 0.5) is 10.1 Å². The minimum absolute atomic E-state index is 0.260. The molecule has 0 saturated carbocycles. The number of aromatic amines is 1. The van der Waals surface area contributed by atoms with E-state index in [0.717, 1.165) is 18.2 Å². The van der Waals surface area contributed by atoms with E-state index >= 15 is 0 Å². The second-order valence-corrected chi connectivity index (χ2v) is 5.92. The van der Waals surface area contributed by atoms with E-state index in [0.29, 0.717) is 18.0 Å². The Balaban J connectivity index is 1.76. The van der Waals surface area contributed by atoms with Gasteiger partial charge in [-0.2, -0.15) is 0 Å². The lowest BCUT2D eigenvalue weighted by Crippen LogP contribution is -2.36. The molecule has 1 aliphatic heterocycles. The topological polar surface area (TPSA) is 28.3 Å². The van der Waals surface area contributed by atoms with Gasteiger partial charge in [0.15, 0.2) is 5.82 Å². The monoisotopic (exact) mass is 298 g/mol. The molecule has 4 heteroatoms. The minimum Gasteiger partial charge on any atom is -0.497 e. The third-order valence-electron chi connectivity index (χ3n) is 4.61. The van der Waals surface area contributed by atoms with E-state index in [4.69, 9.17) is 4.74 Å². The number of aryl methyl sites for hydroxylation is 1. The van der Waals surface area contributed by atoms with E-state index in [9.17, 15) is 4.39 Å². The average Bonchev–Trinajstić information content (AvgIpc) is 2.92. The van der Waals surface area contributed by atoms with Gasteiger partial charge in [0.1, 0.15) is 5.75 Å². The van der Waals surface area contributed by atoms with E-state index < -0.39 is 0 Å². The van der Waals surface area contributed by atoms with Crippen molar-refractivity contribution in [1.82, 2.24) is 4.98 Å². The number of fused-ring (bicyclic) bond motifs is 3. The summed E-state index contributed by atoms with van der Waals surface area (Å²) < 4.78 is 19.3. The molecule has 0 spiro atoms. The van der Waals surface area contributed by atoms with Crippen LogP contribution in [0.5, 0.6) is 5.75 Å². The van der Waals surface area contributed by atoms with Crippen LogP contribution >= 0.6 is 0 Å². The van der Waals surface area contributed by atoms with Crippen LogP contribution < -0.4 is 20.2 Å². The molecule has 1 aliphatic carbocycles. The Morgan fingerprint density at radius 3 is 2.91 bits per heavy atom. The molecule has 0 unspecified atom stereocenters. The minimum atomic E-state index is -0.260. The number of hydrogen-bond acceptors (Lipinski definition) is 2. The molecule has 4 rings (SSSR count). The molecule has 1 aromatic carbocycles. The number of methoxy groups -OCH3 is 1. The highest BCUT2D eigenvalue weighted by atomic mass is 19.1. The lowest BCUT2D eigenvalue weighted by Gasteiger charge is -2.21. The summed E-state index contributed by atoms with van der Waals surface area (Å²) >= 11 is 0. The quantitative estimate of drug-likeness (QED) is 0.919. The molecular formula is C18H19FN2O. The molecule has 0 amide bonds. The normalized spacial score (nSPS) is 16.4. The lowest BCUT2D eigenvalue weighted by molar-refractivity contribution is 0.411. The third-order valence-corrected chi connectivity index (χ3v) is 4.61. The zero-order valence-electron chi connectivity index (χ0n) is 12.7. The Morgan fingerprint density at radius 1 is 1.23 bits per heavy atom. The van der Waals surface area contributed by atoms with Gasteiger partial charge in [-0.3, -0.25) is 0 Å². The van der Waals surface area contributed by atoms with E-state index in [1.165, 1.54) is 35.4 Å². The van der Waals surface area contributed by atoms with Gasteiger partial charge in [-0.25, -0.2) is 4.39 Å².